The maximum atomic E-state index is 11.5. The number of carbonyl (C=O) groups excluding carboxylic acids is 1. The molecule has 1 saturated heterocycles. The highest BCUT2D eigenvalue weighted by Crippen LogP contribution is 2.00. The van der Waals surface area contributed by atoms with Gasteiger partial charge >= 0.3 is 8.80 Å². The molecule has 0 spiro atoms. The Bertz CT molecular complexity index is 254. The van der Waals surface area contributed by atoms with E-state index in [4.69, 9.17) is 14.4 Å². The summed E-state index contributed by atoms with van der Waals surface area (Å²) in [4.78, 5) is 40.1. The first-order valence-electron chi connectivity index (χ1n) is 6.34. The number of piperazine rings is 1. The number of hydrogen-bond acceptors (Lipinski definition) is 6. The Morgan fingerprint density at radius 3 is 2.56 bits per heavy atom. The molecule has 0 bridgehead atoms. The molecule has 5 N–H and O–H groups in total. The Kier molecular flexibility index (Phi) is 6.75. The van der Waals surface area contributed by atoms with E-state index in [9.17, 15) is 4.79 Å². The van der Waals surface area contributed by atoms with Crippen LogP contribution in [0.1, 0.15) is 12.8 Å². The highest BCUT2D eigenvalue weighted by Gasteiger charge is 2.25. The first kappa shape index (κ1) is 15.5. The van der Waals surface area contributed by atoms with E-state index >= 15 is 0 Å². The minimum absolute atomic E-state index is 0.0328. The van der Waals surface area contributed by atoms with E-state index in [-0.39, 0.29) is 12.0 Å². The maximum Gasteiger partial charge on any atom is 0.492 e. The van der Waals surface area contributed by atoms with Crippen LogP contribution in [0.4, 0.5) is 0 Å². The SMILES string of the molecule is O=C(CCN1CCNCC1)NCCC[Si](O)(O)O. The van der Waals surface area contributed by atoms with Crippen molar-refractivity contribution in [3.05, 3.63) is 0 Å². The van der Waals surface area contributed by atoms with E-state index in [2.05, 4.69) is 15.5 Å². The normalized spacial score (nSPS) is 17.7. The van der Waals surface area contributed by atoms with Gasteiger partial charge in [0.1, 0.15) is 0 Å². The van der Waals surface area contributed by atoms with Gasteiger partial charge in [-0.3, -0.25) is 4.79 Å². The molecule has 1 aliphatic heterocycles. The zero-order valence-corrected chi connectivity index (χ0v) is 11.6. The number of nitrogens with zero attached hydrogens (tertiary/aromatic N) is 1. The third-order valence-electron chi connectivity index (χ3n) is 2.88. The van der Waals surface area contributed by atoms with Crippen LogP contribution in [0.5, 0.6) is 0 Å². The first-order chi connectivity index (χ1) is 8.47. The van der Waals surface area contributed by atoms with E-state index < -0.39 is 8.80 Å². The van der Waals surface area contributed by atoms with Gasteiger partial charge in [0.25, 0.3) is 0 Å². The molecule has 18 heavy (non-hydrogen) atoms. The van der Waals surface area contributed by atoms with Gasteiger partial charge in [-0.25, -0.2) is 0 Å². The van der Waals surface area contributed by atoms with Gasteiger partial charge in [-0.05, 0) is 6.42 Å². The topological polar surface area (TPSA) is 105 Å². The van der Waals surface area contributed by atoms with Crippen molar-refractivity contribution in [2.45, 2.75) is 18.9 Å². The molecular formula is C10H23N3O4Si. The van der Waals surface area contributed by atoms with Crippen LogP contribution in [0.15, 0.2) is 0 Å². The molecule has 0 saturated carbocycles. The lowest BCUT2D eigenvalue weighted by Gasteiger charge is -2.26. The molecule has 1 amide bonds. The summed E-state index contributed by atoms with van der Waals surface area (Å²) >= 11 is 0. The molecule has 0 unspecified atom stereocenters. The van der Waals surface area contributed by atoms with Gasteiger partial charge in [0.05, 0.1) is 0 Å². The summed E-state index contributed by atoms with van der Waals surface area (Å²) in [6.45, 7) is 5.01. The largest absolute Gasteiger partial charge is 0.492 e. The van der Waals surface area contributed by atoms with Crippen molar-refractivity contribution < 1.29 is 19.2 Å². The third-order valence-corrected chi connectivity index (χ3v) is 3.90. The van der Waals surface area contributed by atoms with E-state index in [0.717, 1.165) is 32.7 Å². The predicted octanol–water partition coefficient (Wildman–Crippen LogP) is -2.30. The lowest BCUT2D eigenvalue weighted by Crippen LogP contribution is -2.44. The molecule has 0 aromatic carbocycles. The first-order valence-corrected chi connectivity index (χ1v) is 8.39. The van der Waals surface area contributed by atoms with Crippen LogP contribution in [0, 0.1) is 0 Å². The molecule has 1 aliphatic rings. The number of rotatable bonds is 7. The summed E-state index contributed by atoms with van der Waals surface area (Å²) in [5, 5.41) is 5.95. The summed E-state index contributed by atoms with van der Waals surface area (Å²) in [6, 6.07) is -0.0366. The average Bonchev–Trinajstić information content (AvgIpc) is 2.32. The summed E-state index contributed by atoms with van der Waals surface area (Å²) < 4.78 is 0. The Morgan fingerprint density at radius 1 is 1.28 bits per heavy atom. The number of amides is 1. The van der Waals surface area contributed by atoms with Gasteiger partial charge in [0.2, 0.25) is 5.91 Å². The molecular weight excluding hydrogens is 254 g/mol. The van der Waals surface area contributed by atoms with Crippen LogP contribution in [0.3, 0.4) is 0 Å². The van der Waals surface area contributed by atoms with Crippen molar-refractivity contribution in [2.24, 2.45) is 0 Å². The van der Waals surface area contributed by atoms with E-state index in [1.807, 2.05) is 0 Å². The number of carbonyl (C=O) groups is 1. The Morgan fingerprint density at radius 2 is 1.94 bits per heavy atom. The summed E-state index contributed by atoms with van der Waals surface area (Å²) in [5.74, 6) is -0.0328. The lowest BCUT2D eigenvalue weighted by atomic mass is 10.3. The zero-order chi connectivity index (χ0) is 13.4. The Hall–Kier alpha value is -0.513. The molecule has 1 rings (SSSR count). The van der Waals surface area contributed by atoms with Crippen LogP contribution in [0.25, 0.3) is 0 Å². The molecule has 0 atom stereocenters. The Balaban J connectivity index is 2.00. The molecule has 7 nitrogen and oxygen atoms in total. The van der Waals surface area contributed by atoms with E-state index in [0.29, 0.717) is 19.4 Å². The van der Waals surface area contributed by atoms with Crippen molar-refractivity contribution in [1.29, 1.82) is 0 Å². The van der Waals surface area contributed by atoms with Crippen LogP contribution in [-0.4, -0.2) is 73.3 Å². The molecule has 0 aromatic rings. The number of nitrogens with one attached hydrogen (secondary N) is 2. The molecule has 1 heterocycles. The molecule has 8 heteroatoms. The van der Waals surface area contributed by atoms with Crippen molar-refractivity contribution in [3.63, 3.8) is 0 Å². The smallest absolute Gasteiger partial charge is 0.390 e. The van der Waals surface area contributed by atoms with Crippen molar-refractivity contribution in [2.75, 3.05) is 39.3 Å². The van der Waals surface area contributed by atoms with Crippen LogP contribution < -0.4 is 10.6 Å². The fourth-order valence-electron chi connectivity index (χ4n) is 1.84. The minimum atomic E-state index is -3.94. The van der Waals surface area contributed by atoms with Crippen LogP contribution in [-0.2, 0) is 4.79 Å². The zero-order valence-electron chi connectivity index (χ0n) is 10.6. The van der Waals surface area contributed by atoms with E-state index in [1.165, 1.54) is 0 Å². The average molecular weight is 277 g/mol. The predicted molar refractivity (Wildman–Crippen MR) is 68.8 cm³/mol. The highest BCUT2D eigenvalue weighted by atomic mass is 28.4. The third kappa shape index (κ3) is 7.74. The fourth-order valence-corrected chi connectivity index (χ4v) is 2.49. The van der Waals surface area contributed by atoms with Crippen molar-refractivity contribution >= 4 is 14.7 Å². The molecule has 0 aliphatic carbocycles. The second-order valence-corrected chi connectivity index (χ2v) is 6.62. The van der Waals surface area contributed by atoms with E-state index in [1.54, 1.807) is 0 Å². The quantitative estimate of drug-likeness (QED) is 0.265. The van der Waals surface area contributed by atoms with Gasteiger partial charge in [-0.1, -0.05) is 0 Å². The molecule has 0 aromatic heterocycles. The van der Waals surface area contributed by atoms with Crippen LogP contribution in [0.2, 0.25) is 6.04 Å². The summed E-state index contributed by atoms with van der Waals surface area (Å²) in [7, 11) is -3.94. The standard InChI is InChI=1S/C10H23N3O4Si/c14-10(12-3-1-9-18(15,16)17)2-6-13-7-4-11-5-8-13/h11,15-17H,1-9H2,(H,12,14). The maximum absolute atomic E-state index is 11.5. The number of hydrogen-bond donors (Lipinski definition) is 5. The van der Waals surface area contributed by atoms with Gasteiger partial charge in [0.15, 0.2) is 0 Å². The van der Waals surface area contributed by atoms with Gasteiger partial charge in [-0.2, -0.15) is 0 Å². The second kappa shape index (κ2) is 7.82. The fraction of sp³-hybridized carbons (Fsp3) is 0.900. The lowest BCUT2D eigenvalue weighted by molar-refractivity contribution is -0.121. The second-order valence-electron chi connectivity index (χ2n) is 4.57. The highest BCUT2D eigenvalue weighted by molar-refractivity contribution is 6.56. The monoisotopic (exact) mass is 277 g/mol. The van der Waals surface area contributed by atoms with Gasteiger partial charge in [-0.15, -0.1) is 0 Å². The summed E-state index contributed by atoms with van der Waals surface area (Å²) in [6.07, 6.45) is 0.842. The van der Waals surface area contributed by atoms with Crippen molar-refractivity contribution in [3.8, 4) is 0 Å². The Labute approximate surface area is 108 Å². The summed E-state index contributed by atoms with van der Waals surface area (Å²) in [5.41, 5.74) is 0. The van der Waals surface area contributed by atoms with Gasteiger partial charge < -0.3 is 29.9 Å². The van der Waals surface area contributed by atoms with Gasteiger partial charge in [0, 0.05) is 51.7 Å². The van der Waals surface area contributed by atoms with Crippen molar-refractivity contribution in [1.82, 2.24) is 15.5 Å². The molecule has 0 radical (unpaired) electrons. The molecule has 1 fully saturated rings. The minimum Gasteiger partial charge on any atom is -0.390 e. The molecule has 106 valence electrons. The van der Waals surface area contributed by atoms with Crippen LogP contribution >= 0.6 is 0 Å².